The van der Waals surface area contributed by atoms with Gasteiger partial charge in [0.15, 0.2) is 17.5 Å². The Hall–Kier alpha value is -1.32. The highest BCUT2D eigenvalue weighted by Gasteiger charge is 2.31. The lowest BCUT2D eigenvalue weighted by Crippen LogP contribution is -2.24. The fourth-order valence-corrected chi connectivity index (χ4v) is 4.42. The van der Waals surface area contributed by atoms with Crippen LogP contribution in [0.2, 0.25) is 0 Å². The summed E-state index contributed by atoms with van der Waals surface area (Å²) >= 11 is 0. The minimum atomic E-state index is -1.50. The fraction of sp³-hybridized carbons (Fsp3) is 0.600. The van der Waals surface area contributed by atoms with Crippen molar-refractivity contribution in [2.24, 2.45) is 17.8 Å². The van der Waals surface area contributed by atoms with Crippen molar-refractivity contribution in [2.75, 3.05) is 0 Å². The van der Waals surface area contributed by atoms with Crippen molar-refractivity contribution in [3.8, 4) is 0 Å². The molecule has 24 heavy (non-hydrogen) atoms. The maximum atomic E-state index is 14.6. The number of allylic oxidation sites excluding steroid dienone is 2. The summed E-state index contributed by atoms with van der Waals surface area (Å²) in [5.74, 6) is -2.61. The van der Waals surface area contributed by atoms with Crippen LogP contribution in [0.3, 0.4) is 0 Å². The minimum Gasteiger partial charge on any atom is -0.211 e. The van der Waals surface area contributed by atoms with E-state index in [2.05, 4.69) is 6.92 Å². The third-order valence-electron chi connectivity index (χ3n) is 6.00. The van der Waals surface area contributed by atoms with E-state index in [-0.39, 0.29) is 11.4 Å². The summed E-state index contributed by atoms with van der Waals surface area (Å²) in [5, 5.41) is 0. The summed E-state index contributed by atoms with van der Waals surface area (Å²) in [5.41, 5.74) is 0.475. The molecule has 0 heterocycles. The van der Waals surface area contributed by atoms with E-state index < -0.39 is 17.5 Å². The van der Waals surface area contributed by atoms with Crippen LogP contribution in [0.15, 0.2) is 18.0 Å². The molecule has 4 heteroatoms. The van der Waals surface area contributed by atoms with Gasteiger partial charge in [-0.2, -0.15) is 0 Å². The van der Waals surface area contributed by atoms with Crippen molar-refractivity contribution in [1.82, 2.24) is 0 Å². The van der Waals surface area contributed by atoms with Crippen LogP contribution in [-0.2, 0) is 0 Å². The molecule has 1 unspecified atom stereocenters. The largest absolute Gasteiger partial charge is 0.211 e. The third kappa shape index (κ3) is 3.52. The first kappa shape index (κ1) is 17.5. The van der Waals surface area contributed by atoms with Gasteiger partial charge in [-0.05, 0) is 66.7 Å². The summed E-state index contributed by atoms with van der Waals surface area (Å²) in [6, 6.07) is 1.81. The quantitative estimate of drug-likeness (QED) is 0.419. The van der Waals surface area contributed by atoms with Crippen molar-refractivity contribution in [3.05, 3.63) is 41.0 Å². The predicted octanol–water partition coefficient (Wildman–Crippen LogP) is 6.80. The zero-order valence-corrected chi connectivity index (χ0v) is 14.1. The number of halogens is 4. The lowest BCUT2D eigenvalue weighted by molar-refractivity contribution is 0.183. The minimum absolute atomic E-state index is 0.136. The zero-order chi connectivity index (χ0) is 17.3. The second-order valence-corrected chi connectivity index (χ2v) is 7.33. The van der Waals surface area contributed by atoms with E-state index in [0.29, 0.717) is 30.3 Å². The molecule has 1 aromatic carbocycles. The zero-order valence-electron chi connectivity index (χ0n) is 14.1. The van der Waals surface area contributed by atoms with Crippen LogP contribution in [0.1, 0.15) is 63.9 Å². The highest BCUT2D eigenvalue weighted by atomic mass is 19.2. The number of hydrogen-bond donors (Lipinski definition) is 0. The molecule has 1 aromatic rings. The Morgan fingerprint density at radius 3 is 2.04 bits per heavy atom. The van der Waals surface area contributed by atoms with Gasteiger partial charge in [0.25, 0.3) is 0 Å². The molecule has 0 nitrogen and oxygen atoms in total. The van der Waals surface area contributed by atoms with Crippen LogP contribution >= 0.6 is 0 Å². The molecule has 3 rings (SSSR count). The molecular formula is C20H24F4. The van der Waals surface area contributed by atoms with Crippen molar-refractivity contribution < 1.29 is 17.6 Å². The highest BCUT2D eigenvalue weighted by Crippen LogP contribution is 2.44. The molecule has 0 aliphatic heterocycles. The van der Waals surface area contributed by atoms with Crippen molar-refractivity contribution in [1.29, 1.82) is 0 Å². The van der Waals surface area contributed by atoms with E-state index in [9.17, 15) is 17.6 Å². The molecule has 0 spiro atoms. The van der Waals surface area contributed by atoms with E-state index in [0.717, 1.165) is 37.3 Å². The van der Waals surface area contributed by atoms with Crippen LogP contribution in [0.25, 0.3) is 5.57 Å². The summed E-state index contributed by atoms with van der Waals surface area (Å²) in [4.78, 5) is 0. The molecule has 1 fully saturated rings. The van der Waals surface area contributed by atoms with E-state index in [1.165, 1.54) is 19.3 Å². The molecule has 0 saturated heterocycles. The Kier molecular flexibility index (Phi) is 5.31. The topological polar surface area (TPSA) is 0 Å². The molecule has 1 saturated carbocycles. The van der Waals surface area contributed by atoms with Gasteiger partial charge in [-0.3, -0.25) is 0 Å². The molecule has 0 radical (unpaired) electrons. The third-order valence-corrected chi connectivity index (χ3v) is 6.00. The Labute approximate surface area is 141 Å². The van der Waals surface area contributed by atoms with Gasteiger partial charge < -0.3 is 0 Å². The van der Waals surface area contributed by atoms with Crippen LogP contribution < -0.4 is 0 Å². The normalized spacial score (nSPS) is 28.3. The van der Waals surface area contributed by atoms with E-state index in [1.807, 2.05) is 0 Å². The molecule has 0 amide bonds. The highest BCUT2D eigenvalue weighted by molar-refractivity contribution is 5.68. The summed E-state index contributed by atoms with van der Waals surface area (Å²) in [6.45, 7) is 2.22. The monoisotopic (exact) mass is 340 g/mol. The van der Waals surface area contributed by atoms with Crippen LogP contribution in [0.5, 0.6) is 0 Å². The molecule has 132 valence electrons. The van der Waals surface area contributed by atoms with Crippen LogP contribution in [0, 0.1) is 35.2 Å². The van der Waals surface area contributed by atoms with Gasteiger partial charge in [0.05, 0.1) is 0 Å². The standard InChI is InChI=1S/C20H24F4/c1-2-12-3-5-13(6-4-12)14-7-8-16(17(21)9-14)15-10-18(22)20(24)19(23)11-15/h10-14H,2-9H2,1H3. The first-order valence-electron chi connectivity index (χ1n) is 9.02. The Balaban J connectivity index is 1.72. The number of benzene rings is 1. The van der Waals surface area contributed by atoms with Gasteiger partial charge in [0, 0.05) is 6.42 Å². The van der Waals surface area contributed by atoms with E-state index in [4.69, 9.17) is 0 Å². The average molecular weight is 340 g/mol. The molecule has 0 N–H and O–H groups in total. The van der Waals surface area contributed by atoms with Crippen molar-refractivity contribution >= 4 is 5.57 Å². The first-order chi connectivity index (χ1) is 11.5. The maximum absolute atomic E-state index is 14.6. The van der Waals surface area contributed by atoms with Gasteiger partial charge >= 0.3 is 0 Å². The summed E-state index contributed by atoms with van der Waals surface area (Å²) < 4.78 is 54.5. The van der Waals surface area contributed by atoms with E-state index in [1.54, 1.807) is 0 Å². The number of rotatable bonds is 3. The predicted molar refractivity (Wildman–Crippen MR) is 87.4 cm³/mol. The molecule has 2 aliphatic rings. The van der Waals surface area contributed by atoms with Crippen molar-refractivity contribution in [3.63, 3.8) is 0 Å². The summed E-state index contributed by atoms with van der Waals surface area (Å²) in [6.07, 6.45) is 7.64. The lowest BCUT2D eigenvalue weighted by Gasteiger charge is -2.35. The van der Waals surface area contributed by atoms with Crippen molar-refractivity contribution in [2.45, 2.75) is 58.3 Å². The van der Waals surface area contributed by atoms with Crippen LogP contribution in [-0.4, -0.2) is 0 Å². The second kappa shape index (κ2) is 7.28. The Bertz CT molecular complexity index is 604. The number of hydrogen-bond acceptors (Lipinski definition) is 0. The molecule has 2 aliphatic carbocycles. The lowest BCUT2D eigenvalue weighted by atomic mass is 9.70. The molecular weight excluding hydrogens is 316 g/mol. The summed E-state index contributed by atoms with van der Waals surface area (Å²) in [7, 11) is 0. The fourth-order valence-electron chi connectivity index (χ4n) is 4.42. The first-order valence-corrected chi connectivity index (χ1v) is 9.02. The SMILES string of the molecule is CCC1CCC(C2CCC(c3cc(F)c(F)c(F)c3)=C(F)C2)CC1. The maximum Gasteiger partial charge on any atom is 0.194 e. The van der Waals surface area contributed by atoms with Gasteiger partial charge in [-0.25, -0.2) is 17.6 Å². The molecule has 0 bridgehead atoms. The molecule has 0 aromatic heterocycles. The van der Waals surface area contributed by atoms with Gasteiger partial charge in [0.1, 0.15) is 5.83 Å². The Morgan fingerprint density at radius 1 is 0.875 bits per heavy atom. The Morgan fingerprint density at radius 2 is 1.50 bits per heavy atom. The van der Waals surface area contributed by atoms with Gasteiger partial charge in [-0.15, -0.1) is 0 Å². The smallest absolute Gasteiger partial charge is 0.194 e. The van der Waals surface area contributed by atoms with E-state index >= 15 is 0 Å². The second-order valence-electron chi connectivity index (χ2n) is 7.33. The van der Waals surface area contributed by atoms with Gasteiger partial charge in [-0.1, -0.05) is 26.2 Å². The van der Waals surface area contributed by atoms with Gasteiger partial charge in [0.2, 0.25) is 0 Å². The van der Waals surface area contributed by atoms with Crippen LogP contribution in [0.4, 0.5) is 17.6 Å². The molecule has 1 atom stereocenters. The average Bonchev–Trinajstić information content (AvgIpc) is 2.59.